The molecule has 1 heterocycles. The second-order valence-electron chi connectivity index (χ2n) is 5.24. The van der Waals surface area contributed by atoms with Gasteiger partial charge in [0.2, 0.25) is 0 Å². The summed E-state index contributed by atoms with van der Waals surface area (Å²) in [6.07, 6.45) is 0. The molecule has 2 rings (SSSR count). The maximum Gasteiger partial charge on any atom is 0.345 e. The van der Waals surface area contributed by atoms with Crippen molar-refractivity contribution in [2.75, 3.05) is 0 Å². The summed E-state index contributed by atoms with van der Waals surface area (Å²) in [5.41, 5.74) is 1.97. The largest absolute Gasteiger partial charge is 0.345 e. The highest BCUT2D eigenvalue weighted by molar-refractivity contribution is 6.30. The van der Waals surface area contributed by atoms with Crippen LogP contribution in [0.3, 0.4) is 0 Å². The minimum atomic E-state index is -0.327. The summed E-state index contributed by atoms with van der Waals surface area (Å²) in [6, 6.07) is 9.20. The fraction of sp³-hybridized carbons (Fsp3) is 0.286. The predicted octanol–water partition coefficient (Wildman–Crippen LogP) is 3.39. The quantitative estimate of drug-likeness (QED) is 0.856. The summed E-state index contributed by atoms with van der Waals surface area (Å²) in [5, 5.41) is 0.666. The molecule has 3 nitrogen and oxygen atoms in total. The molecule has 1 aromatic carbocycles. The Morgan fingerprint density at radius 2 is 1.78 bits per heavy atom. The van der Waals surface area contributed by atoms with Crippen molar-refractivity contribution >= 4 is 11.6 Å². The molecule has 18 heavy (non-hydrogen) atoms. The van der Waals surface area contributed by atoms with Crippen LogP contribution in [0, 0.1) is 0 Å². The molecular weight excluding hydrogens is 248 g/mol. The maximum atomic E-state index is 11.6. The van der Waals surface area contributed by atoms with Crippen LogP contribution in [0.2, 0.25) is 5.02 Å². The van der Waals surface area contributed by atoms with Gasteiger partial charge in [-0.3, -0.25) is 0 Å². The summed E-state index contributed by atoms with van der Waals surface area (Å²) in [7, 11) is 0. The standard InChI is InChI=1S/C14H15ClN2O/c1-14(2,3)12-8-11(16-13(18)17-12)9-4-6-10(15)7-5-9/h4-8H,1-3H3,(H,16,17,18). The van der Waals surface area contributed by atoms with E-state index in [-0.39, 0.29) is 11.1 Å². The number of rotatable bonds is 1. The van der Waals surface area contributed by atoms with Gasteiger partial charge < -0.3 is 4.98 Å². The number of hydrogen-bond acceptors (Lipinski definition) is 2. The van der Waals surface area contributed by atoms with Crippen LogP contribution in [0.1, 0.15) is 26.5 Å². The zero-order valence-electron chi connectivity index (χ0n) is 10.6. The van der Waals surface area contributed by atoms with Gasteiger partial charge in [0.15, 0.2) is 0 Å². The van der Waals surface area contributed by atoms with Gasteiger partial charge in [0.25, 0.3) is 0 Å². The molecule has 0 saturated carbocycles. The third-order valence-corrected chi connectivity index (χ3v) is 2.94. The zero-order valence-corrected chi connectivity index (χ0v) is 11.4. The van der Waals surface area contributed by atoms with E-state index >= 15 is 0 Å². The first-order valence-corrected chi connectivity index (χ1v) is 6.12. The van der Waals surface area contributed by atoms with Crippen molar-refractivity contribution in [3.8, 4) is 11.3 Å². The number of hydrogen-bond donors (Lipinski definition) is 1. The highest BCUT2D eigenvalue weighted by Crippen LogP contribution is 2.24. The van der Waals surface area contributed by atoms with E-state index in [0.29, 0.717) is 10.7 Å². The summed E-state index contributed by atoms with van der Waals surface area (Å²) >= 11 is 5.85. The van der Waals surface area contributed by atoms with E-state index < -0.39 is 0 Å². The number of H-pyrrole nitrogens is 1. The van der Waals surface area contributed by atoms with Gasteiger partial charge in [0, 0.05) is 21.7 Å². The molecule has 0 aliphatic rings. The van der Waals surface area contributed by atoms with E-state index in [2.05, 4.69) is 9.97 Å². The second-order valence-corrected chi connectivity index (χ2v) is 5.68. The van der Waals surface area contributed by atoms with Crippen LogP contribution in [0.15, 0.2) is 35.1 Å². The Morgan fingerprint density at radius 1 is 1.17 bits per heavy atom. The number of benzene rings is 1. The molecule has 0 fully saturated rings. The Labute approximate surface area is 111 Å². The first-order chi connectivity index (χ1) is 8.36. The van der Waals surface area contributed by atoms with Gasteiger partial charge in [-0.15, -0.1) is 0 Å². The van der Waals surface area contributed by atoms with E-state index in [1.165, 1.54) is 0 Å². The van der Waals surface area contributed by atoms with Crippen LogP contribution in [-0.2, 0) is 5.41 Å². The molecule has 0 spiro atoms. The van der Waals surface area contributed by atoms with Crippen LogP contribution < -0.4 is 5.69 Å². The fourth-order valence-corrected chi connectivity index (χ4v) is 1.76. The molecule has 0 atom stereocenters. The molecule has 0 aliphatic heterocycles. The molecule has 2 aromatic rings. The van der Waals surface area contributed by atoms with Crippen LogP contribution in [0.5, 0.6) is 0 Å². The normalized spacial score (nSPS) is 11.6. The molecule has 1 N–H and O–H groups in total. The highest BCUT2D eigenvalue weighted by Gasteiger charge is 2.16. The lowest BCUT2D eigenvalue weighted by Crippen LogP contribution is -2.21. The predicted molar refractivity (Wildman–Crippen MR) is 74.0 cm³/mol. The third-order valence-electron chi connectivity index (χ3n) is 2.69. The lowest BCUT2D eigenvalue weighted by Gasteiger charge is -2.18. The summed E-state index contributed by atoms with van der Waals surface area (Å²) in [5.74, 6) is 0. The van der Waals surface area contributed by atoms with Crippen molar-refractivity contribution in [3.63, 3.8) is 0 Å². The Balaban J connectivity index is 2.55. The number of halogens is 1. The van der Waals surface area contributed by atoms with E-state index in [4.69, 9.17) is 11.6 Å². The Hall–Kier alpha value is -1.61. The first-order valence-electron chi connectivity index (χ1n) is 5.74. The van der Waals surface area contributed by atoms with Gasteiger partial charge in [0.1, 0.15) is 0 Å². The minimum absolute atomic E-state index is 0.122. The minimum Gasteiger partial charge on any atom is -0.309 e. The fourth-order valence-electron chi connectivity index (χ4n) is 1.63. The van der Waals surface area contributed by atoms with Crippen molar-refractivity contribution < 1.29 is 0 Å². The maximum absolute atomic E-state index is 11.6. The van der Waals surface area contributed by atoms with Crippen LogP contribution in [-0.4, -0.2) is 9.97 Å². The monoisotopic (exact) mass is 262 g/mol. The Morgan fingerprint density at radius 3 is 2.33 bits per heavy atom. The number of nitrogens with zero attached hydrogens (tertiary/aromatic N) is 1. The smallest absolute Gasteiger partial charge is 0.309 e. The zero-order chi connectivity index (χ0) is 13.3. The summed E-state index contributed by atoms with van der Waals surface area (Å²) in [4.78, 5) is 18.4. The third kappa shape index (κ3) is 2.79. The second kappa shape index (κ2) is 4.58. The van der Waals surface area contributed by atoms with Crippen LogP contribution in [0.25, 0.3) is 11.3 Å². The number of nitrogens with one attached hydrogen (secondary N) is 1. The van der Waals surface area contributed by atoms with E-state index in [0.717, 1.165) is 11.3 Å². The van der Waals surface area contributed by atoms with Crippen molar-refractivity contribution in [1.82, 2.24) is 9.97 Å². The molecule has 94 valence electrons. The van der Waals surface area contributed by atoms with Gasteiger partial charge in [-0.2, -0.15) is 4.98 Å². The lowest BCUT2D eigenvalue weighted by molar-refractivity contribution is 0.564. The van der Waals surface area contributed by atoms with Crippen molar-refractivity contribution in [1.29, 1.82) is 0 Å². The summed E-state index contributed by atoms with van der Waals surface area (Å²) < 4.78 is 0. The first kappa shape index (κ1) is 12.8. The van der Waals surface area contributed by atoms with Crippen LogP contribution in [0.4, 0.5) is 0 Å². The Bertz CT molecular complexity index is 609. The van der Waals surface area contributed by atoms with Gasteiger partial charge in [-0.05, 0) is 18.2 Å². The molecular formula is C14H15ClN2O. The molecule has 0 unspecified atom stereocenters. The summed E-state index contributed by atoms with van der Waals surface area (Å²) in [6.45, 7) is 6.14. The van der Waals surface area contributed by atoms with Gasteiger partial charge >= 0.3 is 5.69 Å². The highest BCUT2D eigenvalue weighted by atomic mass is 35.5. The van der Waals surface area contributed by atoms with Gasteiger partial charge in [-0.1, -0.05) is 44.5 Å². The van der Waals surface area contributed by atoms with E-state index in [1.807, 2.05) is 39.0 Å². The molecule has 0 saturated heterocycles. The number of aromatic nitrogens is 2. The van der Waals surface area contributed by atoms with E-state index in [1.54, 1.807) is 12.1 Å². The molecule has 0 aliphatic carbocycles. The average molecular weight is 263 g/mol. The van der Waals surface area contributed by atoms with Crippen molar-refractivity contribution in [2.45, 2.75) is 26.2 Å². The van der Waals surface area contributed by atoms with Crippen LogP contribution >= 0.6 is 11.6 Å². The SMILES string of the molecule is CC(C)(C)c1cc(-c2ccc(Cl)cc2)nc(=O)[nH]1. The average Bonchev–Trinajstić information content (AvgIpc) is 2.28. The van der Waals surface area contributed by atoms with Crippen molar-refractivity contribution in [3.05, 3.63) is 51.5 Å². The molecule has 1 aromatic heterocycles. The number of aromatic amines is 1. The van der Waals surface area contributed by atoms with Crippen molar-refractivity contribution in [2.24, 2.45) is 0 Å². The van der Waals surface area contributed by atoms with Gasteiger partial charge in [-0.25, -0.2) is 4.79 Å². The Kier molecular flexibility index (Phi) is 3.26. The van der Waals surface area contributed by atoms with E-state index in [9.17, 15) is 4.79 Å². The topological polar surface area (TPSA) is 45.8 Å². The molecule has 0 radical (unpaired) electrons. The molecule has 0 amide bonds. The lowest BCUT2D eigenvalue weighted by atomic mass is 9.91. The molecule has 0 bridgehead atoms. The van der Waals surface area contributed by atoms with Gasteiger partial charge in [0.05, 0.1) is 5.69 Å². The molecule has 4 heteroatoms.